The summed E-state index contributed by atoms with van der Waals surface area (Å²) < 4.78 is 7.72. The smallest absolute Gasteiger partial charge is 0.130 e. The number of hydrogen-bond acceptors (Lipinski definition) is 2. The van der Waals surface area contributed by atoms with Gasteiger partial charge in [-0.05, 0) is 39.0 Å². The molecule has 1 aromatic carbocycles. The maximum atomic E-state index is 5.74. The van der Waals surface area contributed by atoms with Crippen molar-refractivity contribution in [3.63, 3.8) is 0 Å². The molecule has 0 bridgehead atoms. The van der Waals surface area contributed by atoms with Crippen molar-refractivity contribution in [3.05, 3.63) is 47.3 Å². The van der Waals surface area contributed by atoms with Gasteiger partial charge in [0.05, 0.1) is 11.4 Å². The largest absolute Gasteiger partial charge is 0.487 e. The summed E-state index contributed by atoms with van der Waals surface area (Å²) in [5, 5.41) is 4.39. The van der Waals surface area contributed by atoms with Gasteiger partial charge in [0.15, 0.2) is 0 Å². The molecule has 0 radical (unpaired) electrons. The maximum absolute atomic E-state index is 5.74. The fraction of sp³-hybridized carbons (Fsp3) is 0.357. The van der Waals surface area contributed by atoms with E-state index in [4.69, 9.17) is 4.74 Å². The van der Waals surface area contributed by atoms with E-state index in [0.29, 0.717) is 6.61 Å². The van der Waals surface area contributed by atoms with Crippen molar-refractivity contribution in [2.45, 2.75) is 33.9 Å². The van der Waals surface area contributed by atoms with Crippen LogP contribution in [0.5, 0.6) is 5.75 Å². The van der Waals surface area contributed by atoms with Gasteiger partial charge in [0.2, 0.25) is 0 Å². The van der Waals surface area contributed by atoms with Gasteiger partial charge in [0, 0.05) is 6.54 Å². The first-order chi connectivity index (χ1) is 8.19. The lowest BCUT2D eigenvalue weighted by molar-refractivity contribution is 0.292. The molecule has 0 unspecified atom stereocenters. The highest BCUT2D eigenvalue weighted by Gasteiger charge is 2.04. The number of aryl methyl sites for hydroxylation is 3. The lowest BCUT2D eigenvalue weighted by Crippen LogP contribution is -2.06. The van der Waals surface area contributed by atoms with E-state index in [9.17, 15) is 0 Å². The SMILES string of the molecule is CCn1nc(C)cc1COc1ccc(C)cc1. The number of hydrogen-bond donors (Lipinski definition) is 0. The molecular formula is C14H18N2O. The first-order valence-corrected chi connectivity index (χ1v) is 5.92. The standard InChI is InChI=1S/C14H18N2O/c1-4-16-13(9-12(3)15-16)10-17-14-7-5-11(2)6-8-14/h5-9H,4,10H2,1-3H3. The Balaban J connectivity index is 2.04. The number of ether oxygens (including phenoxy) is 1. The van der Waals surface area contributed by atoms with Crippen LogP contribution in [-0.4, -0.2) is 9.78 Å². The molecule has 1 heterocycles. The zero-order chi connectivity index (χ0) is 12.3. The van der Waals surface area contributed by atoms with Gasteiger partial charge in [-0.2, -0.15) is 5.10 Å². The molecule has 0 fully saturated rings. The van der Waals surface area contributed by atoms with Crippen LogP contribution in [0.4, 0.5) is 0 Å². The molecule has 0 aliphatic carbocycles. The van der Waals surface area contributed by atoms with Crippen LogP contribution in [0.25, 0.3) is 0 Å². The molecule has 17 heavy (non-hydrogen) atoms. The van der Waals surface area contributed by atoms with Crippen molar-refractivity contribution >= 4 is 0 Å². The van der Waals surface area contributed by atoms with E-state index in [2.05, 4.69) is 37.1 Å². The number of rotatable bonds is 4. The summed E-state index contributed by atoms with van der Waals surface area (Å²) >= 11 is 0. The Bertz CT molecular complexity index is 485. The quantitative estimate of drug-likeness (QED) is 0.807. The molecule has 0 atom stereocenters. The summed E-state index contributed by atoms with van der Waals surface area (Å²) in [4.78, 5) is 0. The molecule has 0 saturated carbocycles. The van der Waals surface area contributed by atoms with Crippen molar-refractivity contribution in [2.24, 2.45) is 0 Å². The molecule has 3 heteroatoms. The molecule has 0 saturated heterocycles. The van der Waals surface area contributed by atoms with Crippen LogP contribution in [0.3, 0.4) is 0 Å². The topological polar surface area (TPSA) is 27.1 Å². The molecule has 0 aliphatic heterocycles. The Morgan fingerprint density at radius 3 is 2.53 bits per heavy atom. The van der Waals surface area contributed by atoms with Crippen molar-refractivity contribution in [1.82, 2.24) is 9.78 Å². The van der Waals surface area contributed by atoms with E-state index >= 15 is 0 Å². The Morgan fingerprint density at radius 1 is 1.18 bits per heavy atom. The van der Waals surface area contributed by atoms with Crippen LogP contribution in [0.2, 0.25) is 0 Å². The van der Waals surface area contributed by atoms with Crippen molar-refractivity contribution in [3.8, 4) is 5.75 Å². The van der Waals surface area contributed by atoms with Crippen LogP contribution in [0, 0.1) is 13.8 Å². The zero-order valence-corrected chi connectivity index (χ0v) is 10.6. The average Bonchev–Trinajstić information content (AvgIpc) is 2.69. The number of aromatic nitrogens is 2. The summed E-state index contributed by atoms with van der Waals surface area (Å²) in [6.07, 6.45) is 0. The van der Waals surface area contributed by atoms with Crippen molar-refractivity contribution in [1.29, 1.82) is 0 Å². The van der Waals surface area contributed by atoms with E-state index in [1.54, 1.807) is 0 Å². The summed E-state index contributed by atoms with van der Waals surface area (Å²) in [7, 11) is 0. The van der Waals surface area contributed by atoms with Crippen LogP contribution < -0.4 is 4.74 Å². The highest BCUT2D eigenvalue weighted by atomic mass is 16.5. The van der Waals surface area contributed by atoms with Crippen LogP contribution in [0.1, 0.15) is 23.9 Å². The Kier molecular flexibility index (Phi) is 3.47. The second kappa shape index (κ2) is 5.04. The van der Waals surface area contributed by atoms with E-state index < -0.39 is 0 Å². The van der Waals surface area contributed by atoms with Crippen LogP contribution in [-0.2, 0) is 13.2 Å². The van der Waals surface area contributed by atoms with Gasteiger partial charge in [-0.3, -0.25) is 4.68 Å². The molecule has 90 valence electrons. The number of nitrogens with zero attached hydrogens (tertiary/aromatic N) is 2. The van der Waals surface area contributed by atoms with Crippen molar-refractivity contribution in [2.75, 3.05) is 0 Å². The van der Waals surface area contributed by atoms with Crippen molar-refractivity contribution < 1.29 is 4.74 Å². The zero-order valence-electron chi connectivity index (χ0n) is 10.6. The summed E-state index contributed by atoms with van der Waals surface area (Å²) in [5.74, 6) is 0.900. The predicted octanol–water partition coefficient (Wildman–Crippen LogP) is 3.10. The minimum atomic E-state index is 0.567. The van der Waals surface area contributed by atoms with Crippen LogP contribution in [0.15, 0.2) is 30.3 Å². The molecule has 0 N–H and O–H groups in total. The Hall–Kier alpha value is -1.77. The third kappa shape index (κ3) is 2.87. The first-order valence-electron chi connectivity index (χ1n) is 5.92. The normalized spacial score (nSPS) is 10.5. The summed E-state index contributed by atoms with van der Waals surface area (Å²) in [6.45, 7) is 7.60. The second-order valence-corrected chi connectivity index (χ2v) is 4.19. The van der Waals surface area contributed by atoms with Gasteiger partial charge in [0.25, 0.3) is 0 Å². The monoisotopic (exact) mass is 230 g/mol. The molecule has 0 spiro atoms. The van der Waals surface area contributed by atoms with Gasteiger partial charge >= 0.3 is 0 Å². The minimum absolute atomic E-state index is 0.567. The molecule has 1 aromatic heterocycles. The fourth-order valence-corrected chi connectivity index (χ4v) is 1.78. The van der Waals surface area contributed by atoms with Crippen LogP contribution >= 0.6 is 0 Å². The van der Waals surface area contributed by atoms with E-state index in [1.165, 1.54) is 5.56 Å². The molecule has 3 nitrogen and oxygen atoms in total. The minimum Gasteiger partial charge on any atom is -0.487 e. The summed E-state index contributed by atoms with van der Waals surface area (Å²) in [6, 6.07) is 10.2. The third-order valence-corrected chi connectivity index (χ3v) is 2.69. The van der Waals surface area contributed by atoms with Gasteiger partial charge in [0.1, 0.15) is 12.4 Å². The van der Waals surface area contributed by atoms with E-state index in [0.717, 1.165) is 23.7 Å². The van der Waals surface area contributed by atoms with Gasteiger partial charge < -0.3 is 4.74 Å². The lowest BCUT2D eigenvalue weighted by atomic mass is 10.2. The Labute approximate surface area is 102 Å². The lowest BCUT2D eigenvalue weighted by Gasteiger charge is -2.07. The third-order valence-electron chi connectivity index (χ3n) is 2.69. The average molecular weight is 230 g/mol. The highest BCUT2D eigenvalue weighted by Crippen LogP contribution is 2.14. The first kappa shape index (κ1) is 11.7. The van der Waals surface area contributed by atoms with Gasteiger partial charge in [-0.15, -0.1) is 0 Å². The maximum Gasteiger partial charge on any atom is 0.130 e. The molecular weight excluding hydrogens is 212 g/mol. The van der Waals surface area contributed by atoms with E-state index in [-0.39, 0.29) is 0 Å². The van der Waals surface area contributed by atoms with Gasteiger partial charge in [-0.1, -0.05) is 17.7 Å². The Morgan fingerprint density at radius 2 is 1.88 bits per heavy atom. The fourth-order valence-electron chi connectivity index (χ4n) is 1.78. The molecule has 2 aromatic rings. The summed E-state index contributed by atoms with van der Waals surface area (Å²) in [5.41, 5.74) is 3.40. The number of benzene rings is 1. The molecule has 0 aliphatic rings. The van der Waals surface area contributed by atoms with Gasteiger partial charge in [-0.25, -0.2) is 0 Å². The second-order valence-electron chi connectivity index (χ2n) is 4.19. The highest BCUT2D eigenvalue weighted by molar-refractivity contribution is 5.26. The van der Waals surface area contributed by atoms with E-state index in [1.807, 2.05) is 23.7 Å². The molecule has 2 rings (SSSR count). The molecule has 0 amide bonds. The predicted molar refractivity (Wildman–Crippen MR) is 68.1 cm³/mol.